The number of hydrogen-bond donors (Lipinski definition) is 2. The molecule has 2 N–H and O–H groups in total. The predicted octanol–water partition coefficient (Wildman–Crippen LogP) is 2.43. The number of carbonyl (C=O) groups is 1. The molecule has 3 heterocycles. The fourth-order valence-corrected chi connectivity index (χ4v) is 5.28. The smallest absolute Gasteiger partial charge is 0.330 e. The van der Waals surface area contributed by atoms with Crippen molar-refractivity contribution in [2.45, 2.75) is 50.0 Å². The lowest BCUT2D eigenvalue weighted by Crippen LogP contribution is -2.39. The maximum Gasteiger partial charge on any atom is 0.330 e. The number of fused-ring (bicyclic) bond motifs is 2. The van der Waals surface area contributed by atoms with Crippen molar-refractivity contribution in [1.82, 2.24) is 19.9 Å². The SMILES string of the molecule is O=C(NCC1(c2ccc3c(c2)OCCO3)CCCC1)c1cnc2c(c1)c(=O)[nH]c(=O)n2C1CC1. The van der Waals surface area contributed by atoms with Crippen LogP contribution < -0.4 is 26.0 Å². The Morgan fingerprint density at radius 3 is 2.65 bits per heavy atom. The minimum absolute atomic E-state index is 0.0623. The molecule has 3 aromatic rings. The first-order valence-electron chi connectivity index (χ1n) is 11.9. The Bertz CT molecular complexity index is 1400. The first-order chi connectivity index (χ1) is 16.5. The van der Waals surface area contributed by atoms with Crippen molar-refractivity contribution < 1.29 is 14.3 Å². The lowest BCUT2D eigenvalue weighted by molar-refractivity contribution is 0.0943. The molecule has 1 amide bonds. The Morgan fingerprint density at radius 1 is 1.12 bits per heavy atom. The third kappa shape index (κ3) is 3.55. The molecule has 0 spiro atoms. The van der Waals surface area contributed by atoms with Gasteiger partial charge in [-0.2, -0.15) is 0 Å². The number of benzene rings is 1. The second kappa shape index (κ2) is 8.00. The summed E-state index contributed by atoms with van der Waals surface area (Å²) >= 11 is 0. The van der Waals surface area contributed by atoms with Crippen LogP contribution in [-0.2, 0) is 5.41 Å². The number of aromatic amines is 1. The van der Waals surface area contributed by atoms with Crippen molar-refractivity contribution in [3.63, 3.8) is 0 Å². The van der Waals surface area contributed by atoms with Gasteiger partial charge in [0.15, 0.2) is 11.5 Å². The quantitative estimate of drug-likeness (QED) is 0.602. The summed E-state index contributed by atoms with van der Waals surface area (Å²) in [6.45, 7) is 1.55. The van der Waals surface area contributed by atoms with Crippen LogP contribution in [0, 0.1) is 0 Å². The van der Waals surface area contributed by atoms with Crippen LogP contribution in [-0.4, -0.2) is 40.2 Å². The standard InChI is InChI=1S/C25H26N4O5/c30-22(15-11-18-21(26-13-15)29(17-4-5-17)24(32)28-23(18)31)27-14-25(7-1-2-8-25)16-3-6-19-20(12-16)34-10-9-33-19/h3,6,11-13,17H,1-2,4-5,7-10,14H2,(H,27,30)(H,28,31,32). The van der Waals surface area contributed by atoms with Crippen LogP contribution in [0.5, 0.6) is 11.5 Å². The summed E-state index contributed by atoms with van der Waals surface area (Å²) in [6, 6.07) is 7.65. The third-order valence-electron chi connectivity index (χ3n) is 7.26. The second-order valence-electron chi connectivity index (χ2n) is 9.48. The summed E-state index contributed by atoms with van der Waals surface area (Å²) in [5, 5.41) is 3.33. The maximum atomic E-state index is 13.1. The van der Waals surface area contributed by atoms with Gasteiger partial charge in [-0.25, -0.2) is 9.78 Å². The van der Waals surface area contributed by atoms with E-state index in [0.29, 0.717) is 31.0 Å². The normalized spacial score (nSPS) is 18.7. The number of ether oxygens (including phenoxy) is 2. The molecule has 1 aliphatic heterocycles. The lowest BCUT2D eigenvalue weighted by atomic mass is 9.78. The van der Waals surface area contributed by atoms with Crippen molar-refractivity contribution in [3.05, 3.63) is 62.4 Å². The van der Waals surface area contributed by atoms with Crippen molar-refractivity contribution in [2.24, 2.45) is 0 Å². The molecule has 2 saturated carbocycles. The van der Waals surface area contributed by atoms with Crippen LogP contribution in [0.15, 0.2) is 40.1 Å². The molecule has 0 unspecified atom stereocenters. The number of aromatic nitrogens is 3. The van der Waals surface area contributed by atoms with Crippen LogP contribution >= 0.6 is 0 Å². The van der Waals surface area contributed by atoms with E-state index < -0.39 is 11.2 Å². The molecule has 0 bridgehead atoms. The molecule has 176 valence electrons. The van der Waals surface area contributed by atoms with Gasteiger partial charge in [-0.15, -0.1) is 0 Å². The van der Waals surface area contributed by atoms with Gasteiger partial charge in [-0.1, -0.05) is 18.9 Å². The number of carbonyl (C=O) groups excluding carboxylic acids is 1. The monoisotopic (exact) mass is 462 g/mol. The minimum atomic E-state index is -0.525. The van der Waals surface area contributed by atoms with E-state index in [4.69, 9.17) is 9.47 Å². The van der Waals surface area contributed by atoms with Crippen molar-refractivity contribution >= 4 is 16.9 Å². The number of pyridine rings is 1. The van der Waals surface area contributed by atoms with Crippen LogP contribution in [0.4, 0.5) is 0 Å². The molecule has 3 aliphatic rings. The van der Waals surface area contributed by atoms with E-state index in [0.717, 1.165) is 55.6 Å². The van der Waals surface area contributed by atoms with Crippen molar-refractivity contribution in [3.8, 4) is 11.5 Å². The number of nitrogens with one attached hydrogen (secondary N) is 2. The predicted molar refractivity (Wildman–Crippen MR) is 125 cm³/mol. The highest BCUT2D eigenvalue weighted by molar-refractivity contribution is 5.96. The molecule has 2 aliphatic carbocycles. The third-order valence-corrected chi connectivity index (χ3v) is 7.26. The summed E-state index contributed by atoms with van der Waals surface area (Å²) in [5.41, 5.74) is 0.608. The highest BCUT2D eigenvalue weighted by Crippen LogP contribution is 2.44. The van der Waals surface area contributed by atoms with Gasteiger partial charge >= 0.3 is 5.69 Å². The molecule has 9 nitrogen and oxygen atoms in total. The van der Waals surface area contributed by atoms with Crippen LogP contribution in [0.3, 0.4) is 0 Å². The number of rotatable bonds is 5. The summed E-state index contributed by atoms with van der Waals surface area (Å²) < 4.78 is 13.0. The second-order valence-corrected chi connectivity index (χ2v) is 9.48. The molecule has 0 saturated heterocycles. The highest BCUT2D eigenvalue weighted by atomic mass is 16.6. The molecule has 34 heavy (non-hydrogen) atoms. The molecular weight excluding hydrogens is 436 g/mol. The highest BCUT2D eigenvalue weighted by Gasteiger charge is 2.37. The van der Waals surface area contributed by atoms with Gasteiger partial charge in [-0.3, -0.25) is 19.1 Å². The van der Waals surface area contributed by atoms with Gasteiger partial charge in [0.1, 0.15) is 18.9 Å². The van der Waals surface area contributed by atoms with E-state index in [-0.39, 0.29) is 22.8 Å². The Morgan fingerprint density at radius 2 is 1.88 bits per heavy atom. The van der Waals surface area contributed by atoms with Crippen LogP contribution in [0.25, 0.3) is 11.0 Å². The van der Waals surface area contributed by atoms with E-state index in [1.807, 2.05) is 12.1 Å². The molecule has 1 aromatic carbocycles. The van der Waals surface area contributed by atoms with Gasteiger partial charge in [-0.05, 0) is 49.4 Å². The first kappa shape index (κ1) is 20.9. The summed E-state index contributed by atoms with van der Waals surface area (Å²) in [5.74, 6) is 1.21. The Kier molecular flexibility index (Phi) is 4.93. The molecule has 0 radical (unpaired) electrons. The van der Waals surface area contributed by atoms with Gasteiger partial charge in [0.05, 0.1) is 10.9 Å². The number of nitrogens with zero attached hydrogens (tertiary/aromatic N) is 2. The zero-order valence-corrected chi connectivity index (χ0v) is 18.8. The maximum absolute atomic E-state index is 13.1. The minimum Gasteiger partial charge on any atom is -0.486 e. The van der Waals surface area contributed by atoms with Crippen molar-refractivity contribution in [1.29, 1.82) is 0 Å². The fraction of sp³-hybridized carbons (Fsp3) is 0.440. The van der Waals surface area contributed by atoms with Gasteiger partial charge in [0.25, 0.3) is 11.5 Å². The Hall–Kier alpha value is -3.62. The average molecular weight is 463 g/mol. The zero-order valence-electron chi connectivity index (χ0n) is 18.8. The Labute approximate surface area is 195 Å². The number of amides is 1. The summed E-state index contributed by atoms with van der Waals surface area (Å²) in [6.07, 6.45) is 7.33. The average Bonchev–Trinajstić information content (AvgIpc) is 3.57. The molecule has 2 aromatic heterocycles. The van der Waals surface area contributed by atoms with E-state index in [2.05, 4.69) is 21.4 Å². The van der Waals surface area contributed by atoms with E-state index in [1.165, 1.54) is 16.8 Å². The zero-order chi connectivity index (χ0) is 23.3. The molecular formula is C25H26N4O5. The number of H-pyrrole nitrogens is 1. The molecule has 9 heteroatoms. The summed E-state index contributed by atoms with van der Waals surface area (Å²) in [4.78, 5) is 44.4. The van der Waals surface area contributed by atoms with Gasteiger partial charge in [0, 0.05) is 24.2 Å². The van der Waals surface area contributed by atoms with E-state index in [9.17, 15) is 14.4 Å². The molecule has 2 fully saturated rings. The Balaban J connectivity index is 1.27. The molecule has 6 rings (SSSR count). The largest absolute Gasteiger partial charge is 0.486 e. The van der Waals surface area contributed by atoms with E-state index in [1.54, 1.807) is 0 Å². The fourth-order valence-electron chi connectivity index (χ4n) is 5.28. The van der Waals surface area contributed by atoms with E-state index >= 15 is 0 Å². The lowest BCUT2D eigenvalue weighted by Gasteiger charge is -2.31. The first-order valence-corrected chi connectivity index (χ1v) is 11.9. The van der Waals surface area contributed by atoms with Gasteiger partial charge in [0.2, 0.25) is 0 Å². The summed E-state index contributed by atoms with van der Waals surface area (Å²) in [7, 11) is 0. The van der Waals surface area contributed by atoms with Crippen LogP contribution in [0.1, 0.15) is 60.5 Å². The van der Waals surface area contributed by atoms with Crippen molar-refractivity contribution in [2.75, 3.05) is 19.8 Å². The molecule has 0 atom stereocenters. The van der Waals surface area contributed by atoms with Gasteiger partial charge < -0.3 is 14.8 Å². The van der Waals surface area contributed by atoms with Crippen LogP contribution in [0.2, 0.25) is 0 Å². The topological polar surface area (TPSA) is 115 Å². The number of hydrogen-bond acceptors (Lipinski definition) is 6.